The molecule has 0 aliphatic rings. The van der Waals surface area contributed by atoms with Crippen LogP contribution in [-0.2, 0) is 12.8 Å². The number of hydrogen-bond acceptors (Lipinski definition) is 4. The molecule has 3 N–H and O–H groups in total. The summed E-state index contributed by atoms with van der Waals surface area (Å²) >= 11 is 1.68. The van der Waals surface area contributed by atoms with E-state index in [4.69, 9.17) is 4.98 Å². The van der Waals surface area contributed by atoms with Crippen molar-refractivity contribution in [3.8, 4) is 10.6 Å². The van der Waals surface area contributed by atoms with Gasteiger partial charge in [0.2, 0.25) is 0 Å². The Morgan fingerprint density at radius 1 is 1.06 bits per heavy atom. The first-order valence-electron chi connectivity index (χ1n) is 10.4. The lowest BCUT2D eigenvalue weighted by Gasteiger charge is -2.11. The summed E-state index contributed by atoms with van der Waals surface area (Å²) in [4.78, 5) is 20.8. The first kappa shape index (κ1) is 22.5. The fourth-order valence-electron chi connectivity index (χ4n) is 3.12. The van der Waals surface area contributed by atoms with Crippen LogP contribution in [0.1, 0.15) is 27.2 Å². The number of nitrogens with zero attached hydrogens (tertiary/aromatic N) is 2. The molecule has 0 unspecified atom stereocenters. The first-order chi connectivity index (χ1) is 15.1. The van der Waals surface area contributed by atoms with Crippen molar-refractivity contribution >= 4 is 23.2 Å². The van der Waals surface area contributed by atoms with Gasteiger partial charge in [-0.3, -0.25) is 9.79 Å². The number of carbonyl (C=O) groups excluding carboxylic acids is 1. The Morgan fingerprint density at radius 3 is 2.52 bits per heavy atom. The molecule has 31 heavy (non-hydrogen) atoms. The van der Waals surface area contributed by atoms with Crippen molar-refractivity contribution in [2.45, 2.75) is 19.8 Å². The summed E-state index contributed by atoms with van der Waals surface area (Å²) in [6.45, 7) is 3.57. The van der Waals surface area contributed by atoms with Crippen molar-refractivity contribution in [3.05, 3.63) is 76.3 Å². The molecule has 0 saturated heterocycles. The Hall–Kier alpha value is -3.19. The quantitative estimate of drug-likeness (QED) is 0.374. The van der Waals surface area contributed by atoms with Crippen LogP contribution in [0.4, 0.5) is 0 Å². The Morgan fingerprint density at radius 2 is 1.81 bits per heavy atom. The predicted molar refractivity (Wildman–Crippen MR) is 129 cm³/mol. The van der Waals surface area contributed by atoms with E-state index in [9.17, 15) is 4.79 Å². The number of amides is 1. The van der Waals surface area contributed by atoms with Gasteiger partial charge in [-0.25, -0.2) is 4.98 Å². The summed E-state index contributed by atoms with van der Waals surface area (Å²) < 4.78 is 0. The van der Waals surface area contributed by atoms with Crippen LogP contribution >= 0.6 is 11.3 Å². The number of nitrogens with one attached hydrogen (secondary N) is 3. The first-order valence-corrected chi connectivity index (χ1v) is 11.2. The van der Waals surface area contributed by atoms with Crippen LogP contribution in [0, 0.1) is 6.92 Å². The van der Waals surface area contributed by atoms with Gasteiger partial charge in [0.25, 0.3) is 5.91 Å². The van der Waals surface area contributed by atoms with Gasteiger partial charge in [0.1, 0.15) is 5.01 Å². The van der Waals surface area contributed by atoms with Crippen molar-refractivity contribution in [3.63, 3.8) is 0 Å². The zero-order chi connectivity index (χ0) is 22.1. The van der Waals surface area contributed by atoms with Gasteiger partial charge in [-0.05, 0) is 31.0 Å². The topological polar surface area (TPSA) is 78.4 Å². The van der Waals surface area contributed by atoms with Crippen LogP contribution < -0.4 is 16.0 Å². The zero-order valence-corrected chi connectivity index (χ0v) is 19.1. The molecule has 6 nitrogen and oxygen atoms in total. The van der Waals surface area contributed by atoms with Gasteiger partial charge in [-0.1, -0.05) is 42.0 Å². The summed E-state index contributed by atoms with van der Waals surface area (Å²) in [7, 11) is 3.40. The van der Waals surface area contributed by atoms with E-state index in [0.717, 1.165) is 53.7 Å². The van der Waals surface area contributed by atoms with E-state index in [2.05, 4.69) is 57.5 Å². The number of hydrogen-bond donors (Lipinski definition) is 3. The average Bonchev–Trinajstić information content (AvgIpc) is 3.27. The fourth-order valence-corrected chi connectivity index (χ4v) is 3.98. The third-order valence-electron chi connectivity index (χ3n) is 4.87. The Balaban J connectivity index is 1.43. The molecule has 3 rings (SSSR count). The molecule has 2 aromatic carbocycles. The molecule has 0 aliphatic carbocycles. The van der Waals surface area contributed by atoms with E-state index in [1.807, 2.05) is 24.3 Å². The third kappa shape index (κ3) is 6.65. The van der Waals surface area contributed by atoms with E-state index >= 15 is 0 Å². The minimum Gasteiger partial charge on any atom is -0.356 e. The lowest BCUT2D eigenvalue weighted by atomic mass is 10.1. The molecule has 7 heteroatoms. The van der Waals surface area contributed by atoms with Crippen LogP contribution in [0.3, 0.4) is 0 Å². The monoisotopic (exact) mass is 435 g/mol. The smallest absolute Gasteiger partial charge is 0.251 e. The number of aryl methyl sites for hydroxylation is 1. The number of aromatic nitrogens is 1. The van der Waals surface area contributed by atoms with Crippen molar-refractivity contribution in [1.82, 2.24) is 20.9 Å². The predicted octanol–water partition coefficient (Wildman–Crippen LogP) is 3.43. The highest BCUT2D eigenvalue weighted by molar-refractivity contribution is 7.13. The number of rotatable bonds is 8. The molecular weight excluding hydrogens is 406 g/mol. The molecule has 0 spiro atoms. The van der Waals surface area contributed by atoms with Crippen molar-refractivity contribution in [2.75, 3.05) is 27.2 Å². The molecule has 0 radical (unpaired) electrons. The van der Waals surface area contributed by atoms with Gasteiger partial charge in [0.15, 0.2) is 5.96 Å². The average molecular weight is 436 g/mol. The molecular formula is C24H29N5OS. The van der Waals surface area contributed by atoms with Gasteiger partial charge < -0.3 is 16.0 Å². The fraction of sp³-hybridized carbons (Fsp3) is 0.292. The highest BCUT2D eigenvalue weighted by Gasteiger charge is 2.06. The zero-order valence-electron chi connectivity index (χ0n) is 18.2. The SMILES string of the molecule is CN=C(NCCc1cccc(C(=O)NC)c1)NCCc1csc(-c2ccc(C)cc2)n1. The van der Waals surface area contributed by atoms with Crippen LogP contribution in [0.15, 0.2) is 58.9 Å². The molecule has 162 valence electrons. The molecule has 0 aliphatic heterocycles. The summed E-state index contributed by atoms with van der Waals surface area (Å²) in [5.74, 6) is 0.691. The van der Waals surface area contributed by atoms with Crippen LogP contribution in [0.2, 0.25) is 0 Å². The van der Waals surface area contributed by atoms with E-state index in [1.165, 1.54) is 5.56 Å². The van der Waals surface area contributed by atoms with Crippen LogP contribution in [0.25, 0.3) is 10.6 Å². The minimum absolute atomic E-state index is 0.0696. The Labute approximate surface area is 187 Å². The Bertz CT molecular complexity index is 1030. The number of thiazole rings is 1. The van der Waals surface area contributed by atoms with Crippen LogP contribution in [0.5, 0.6) is 0 Å². The molecule has 0 atom stereocenters. The Kier molecular flexibility index (Phi) is 8.18. The molecule has 0 bridgehead atoms. The van der Waals surface area contributed by atoms with Gasteiger partial charge >= 0.3 is 0 Å². The number of guanidine groups is 1. The van der Waals surface area contributed by atoms with Crippen molar-refractivity contribution < 1.29 is 4.79 Å². The molecule has 1 aromatic heterocycles. The summed E-state index contributed by atoms with van der Waals surface area (Å²) in [6.07, 6.45) is 1.63. The van der Waals surface area contributed by atoms with Gasteiger partial charge in [-0.15, -0.1) is 11.3 Å². The molecule has 1 amide bonds. The maximum absolute atomic E-state index is 11.8. The maximum atomic E-state index is 11.8. The highest BCUT2D eigenvalue weighted by atomic mass is 32.1. The second kappa shape index (κ2) is 11.3. The highest BCUT2D eigenvalue weighted by Crippen LogP contribution is 2.24. The normalized spacial score (nSPS) is 11.3. The second-order valence-corrected chi connectivity index (χ2v) is 8.07. The number of carbonyl (C=O) groups is 1. The number of aliphatic imine (C=N–C) groups is 1. The largest absolute Gasteiger partial charge is 0.356 e. The summed E-state index contributed by atoms with van der Waals surface area (Å²) in [6, 6.07) is 16.1. The number of benzene rings is 2. The summed E-state index contributed by atoms with van der Waals surface area (Å²) in [5.41, 5.74) is 5.27. The lowest BCUT2D eigenvalue weighted by Crippen LogP contribution is -2.39. The second-order valence-electron chi connectivity index (χ2n) is 7.22. The van der Waals surface area contributed by atoms with E-state index in [1.54, 1.807) is 25.4 Å². The van der Waals surface area contributed by atoms with E-state index < -0.39 is 0 Å². The maximum Gasteiger partial charge on any atom is 0.251 e. The standard InChI is InChI=1S/C24H29N5OS/c1-17-7-9-19(10-8-17)23-29-21(16-31-23)12-14-28-24(26-3)27-13-11-18-5-4-6-20(15-18)22(30)25-2/h4-10,15-16H,11-14H2,1-3H3,(H,25,30)(H2,26,27,28). The molecule has 0 fully saturated rings. The third-order valence-corrected chi connectivity index (χ3v) is 5.81. The van der Waals surface area contributed by atoms with Gasteiger partial charge in [-0.2, -0.15) is 0 Å². The minimum atomic E-state index is -0.0696. The molecule has 1 heterocycles. The van der Waals surface area contributed by atoms with Gasteiger partial charge in [0.05, 0.1) is 5.69 Å². The van der Waals surface area contributed by atoms with Gasteiger partial charge in [0, 0.05) is 50.1 Å². The van der Waals surface area contributed by atoms with E-state index in [0.29, 0.717) is 5.56 Å². The van der Waals surface area contributed by atoms with E-state index in [-0.39, 0.29) is 5.91 Å². The molecule has 3 aromatic rings. The van der Waals surface area contributed by atoms with Crippen molar-refractivity contribution in [1.29, 1.82) is 0 Å². The lowest BCUT2D eigenvalue weighted by molar-refractivity contribution is 0.0963. The van der Waals surface area contributed by atoms with Crippen molar-refractivity contribution in [2.24, 2.45) is 4.99 Å². The van der Waals surface area contributed by atoms with Crippen LogP contribution in [-0.4, -0.2) is 44.0 Å². The summed E-state index contributed by atoms with van der Waals surface area (Å²) in [5, 5.41) is 12.5. The molecule has 0 saturated carbocycles.